The molecule has 1 aliphatic rings. The molecule has 0 spiro atoms. The number of likely N-dealkylation sites (tertiary alicyclic amines) is 1. The second kappa shape index (κ2) is 10.8. The van der Waals surface area contributed by atoms with Crippen molar-refractivity contribution in [1.29, 1.82) is 0 Å². The van der Waals surface area contributed by atoms with E-state index in [0.29, 0.717) is 19.4 Å². The van der Waals surface area contributed by atoms with Gasteiger partial charge in [0.15, 0.2) is 0 Å². The first-order valence-corrected chi connectivity index (χ1v) is 8.29. The van der Waals surface area contributed by atoms with Crippen molar-refractivity contribution in [3.63, 3.8) is 0 Å². The van der Waals surface area contributed by atoms with Crippen LogP contribution >= 0.6 is 0 Å². The molecule has 20 heavy (non-hydrogen) atoms. The maximum Gasteiger partial charge on any atom is 0.229 e. The Hall–Kier alpha value is -0.900. The molecule has 116 valence electrons. The summed E-state index contributed by atoms with van der Waals surface area (Å²) in [7, 11) is 0. The SMILES string of the molecule is NCCCCCCCCCCCCN1C(=O)CCC1=O. The lowest BCUT2D eigenvalue weighted by Gasteiger charge is -2.13. The molecule has 0 bridgehead atoms. The lowest BCUT2D eigenvalue weighted by atomic mass is 10.1. The minimum atomic E-state index is 0.0208. The molecule has 1 heterocycles. The van der Waals surface area contributed by atoms with Crippen LogP contribution in [0.1, 0.15) is 77.0 Å². The molecule has 2 N–H and O–H groups in total. The van der Waals surface area contributed by atoms with Crippen LogP contribution in [0.2, 0.25) is 0 Å². The summed E-state index contributed by atoms with van der Waals surface area (Å²) in [5.41, 5.74) is 5.45. The van der Waals surface area contributed by atoms with Crippen LogP contribution in [0.25, 0.3) is 0 Å². The Morgan fingerprint density at radius 3 is 1.55 bits per heavy atom. The number of hydrogen-bond acceptors (Lipinski definition) is 3. The van der Waals surface area contributed by atoms with E-state index in [2.05, 4.69) is 0 Å². The summed E-state index contributed by atoms with van der Waals surface area (Å²) < 4.78 is 0. The minimum Gasteiger partial charge on any atom is -0.330 e. The highest BCUT2D eigenvalue weighted by atomic mass is 16.2. The third-order valence-electron chi connectivity index (χ3n) is 3.99. The standard InChI is InChI=1S/C16H30N2O2/c17-13-9-7-5-3-1-2-4-6-8-10-14-18-15(19)11-12-16(18)20/h1-14,17H2. The number of nitrogens with zero attached hydrogens (tertiary/aromatic N) is 1. The van der Waals surface area contributed by atoms with Gasteiger partial charge in [-0.2, -0.15) is 0 Å². The average molecular weight is 282 g/mol. The summed E-state index contributed by atoms with van der Waals surface area (Å²) in [6.07, 6.45) is 13.1. The lowest BCUT2D eigenvalue weighted by molar-refractivity contribution is -0.138. The zero-order valence-corrected chi connectivity index (χ0v) is 12.7. The molecule has 4 nitrogen and oxygen atoms in total. The maximum atomic E-state index is 11.4. The quantitative estimate of drug-likeness (QED) is 0.442. The predicted octanol–water partition coefficient (Wildman–Crippen LogP) is 3.00. The monoisotopic (exact) mass is 282 g/mol. The molecule has 0 aromatic heterocycles. The highest BCUT2D eigenvalue weighted by Crippen LogP contribution is 2.14. The van der Waals surface area contributed by atoms with Crippen LogP contribution in [-0.2, 0) is 9.59 Å². The van der Waals surface area contributed by atoms with E-state index >= 15 is 0 Å². The second-order valence-corrected chi connectivity index (χ2v) is 5.76. The van der Waals surface area contributed by atoms with Crippen LogP contribution < -0.4 is 5.73 Å². The number of amides is 2. The number of unbranched alkanes of at least 4 members (excludes halogenated alkanes) is 9. The zero-order chi connectivity index (χ0) is 14.6. The molecule has 2 amide bonds. The van der Waals surface area contributed by atoms with Gasteiger partial charge in [0, 0.05) is 19.4 Å². The fourth-order valence-electron chi connectivity index (χ4n) is 2.70. The van der Waals surface area contributed by atoms with Gasteiger partial charge in [0.2, 0.25) is 11.8 Å². The van der Waals surface area contributed by atoms with Crippen LogP contribution in [0.3, 0.4) is 0 Å². The van der Waals surface area contributed by atoms with Gasteiger partial charge in [-0.05, 0) is 19.4 Å². The maximum absolute atomic E-state index is 11.4. The van der Waals surface area contributed by atoms with E-state index in [9.17, 15) is 9.59 Å². The first-order valence-electron chi connectivity index (χ1n) is 8.29. The Bertz CT molecular complexity index is 276. The summed E-state index contributed by atoms with van der Waals surface area (Å²) in [5, 5.41) is 0. The molecule has 1 aliphatic heterocycles. The third kappa shape index (κ3) is 7.04. The Labute approximate surface area is 123 Å². The number of rotatable bonds is 12. The van der Waals surface area contributed by atoms with Gasteiger partial charge in [-0.1, -0.05) is 51.4 Å². The highest BCUT2D eigenvalue weighted by molar-refractivity contribution is 6.01. The summed E-state index contributed by atoms with van der Waals surface area (Å²) >= 11 is 0. The number of nitrogens with two attached hydrogens (primary N) is 1. The number of hydrogen-bond donors (Lipinski definition) is 1. The predicted molar refractivity (Wildman–Crippen MR) is 81.2 cm³/mol. The molecule has 4 heteroatoms. The number of imide groups is 1. The van der Waals surface area contributed by atoms with E-state index in [1.807, 2.05) is 0 Å². The van der Waals surface area contributed by atoms with Crippen LogP contribution in [-0.4, -0.2) is 29.8 Å². The van der Waals surface area contributed by atoms with Crippen molar-refractivity contribution in [3.8, 4) is 0 Å². The normalized spacial score (nSPS) is 15.3. The molecule has 0 radical (unpaired) electrons. The van der Waals surface area contributed by atoms with Crippen molar-refractivity contribution < 1.29 is 9.59 Å². The summed E-state index contributed by atoms with van der Waals surface area (Å²) in [4.78, 5) is 24.2. The number of carbonyl (C=O) groups is 2. The lowest BCUT2D eigenvalue weighted by Crippen LogP contribution is -2.29. The van der Waals surface area contributed by atoms with Crippen molar-refractivity contribution >= 4 is 11.8 Å². The highest BCUT2D eigenvalue weighted by Gasteiger charge is 2.27. The molecule has 0 atom stereocenters. The third-order valence-corrected chi connectivity index (χ3v) is 3.99. The Balaban J connectivity index is 1.83. The van der Waals surface area contributed by atoms with Crippen LogP contribution in [0.5, 0.6) is 0 Å². The van der Waals surface area contributed by atoms with E-state index in [0.717, 1.165) is 25.8 Å². The molecule has 1 rings (SSSR count). The molecular formula is C16H30N2O2. The minimum absolute atomic E-state index is 0.0208. The fourth-order valence-corrected chi connectivity index (χ4v) is 2.70. The largest absolute Gasteiger partial charge is 0.330 e. The zero-order valence-electron chi connectivity index (χ0n) is 12.7. The smallest absolute Gasteiger partial charge is 0.229 e. The topological polar surface area (TPSA) is 63.4 Å². The van der Waals surface area contributed by atoms with Crippen molar-refractivity contribution in [2.24, 2.45) is 5.73 Å². The molecule has 0 aromatic carbocycles. The Kier molecular flexibility index (Phi) is 9.29. The molecule has 0 aliphatic carbocycles. The van der Waals surface area contributed by atoms with E-state index in [4.69, 9.17) is 5.73 Å². The molecular weight excluding hydrogens is 252 g/mol. The van der Waals surface area contributed by atoms with Gasteiger partial charge in [-0.15, -0.1) is 0 Å². The summed E-state index contributed by atoms with van der Waals surface area (Å²) in [6.45, 7) is 1.46. The van der Waals surface area contributed by atoms with Gasteiger partial charge in [-0.25, -0.2) is 0 Å². The van der Waals surface area contributed by atoms with Crippen molar-refractivity contribution in [3.05, 3.63) is 0 Å². The fraction of sp³-hybridized carbons (Fsp3) is 0.875. The van der Waals surface area contributed by atoms with E-state index in [1.54, 1.807) is 0 Å². The average Bonchev–Trinajstić information content (AvgIpc) is 2.76. The van der Waals surface area contributed by atoms with E-state index in [1.165, 1.54) is 49.8 Å². The van der Waals surface area contributed by atoms with E-state index < -0.39 is 0 Å². The van der Waals surface area contributed by atoms with Crippen molar-refractivity contribution in [2.75, 3.05) is 13.1 Å². The van der Waals surface area contributed by atoms with Gasteiger partial charge in [-0.3, -0.25) is 14.5 Å². The number of carbonyl (C=O) groups excluding carboxylic acids is 2. The van der Waals surface area contributed by atoms with Crippen LogP contribution in [0.15, 0.2) is 0 Å². The van der Waals surface area contributed by atoms with Crippen LogP contribution in [0, 0.1) is 0 Å². The molecule has 0 saturated carbocycles. The second-order valence-electron chi connectivity index (χ2n) is 5.76. The van der Waals surface area contributed by atoms with Crippen LogP contribution in [0.4, 0.5) is 0 Å². The Morgan fingerprint density at radius 1 is 0.700 bits per heavy atom. The first kappa shape index (κ1) is 17.2. The molecule has 1 fully saturated rings. The van der Waals surface area contributed by atoms with Crippen molar-refractivity contribution in [2.45, 2.75) is 77.0 Å². The van der Waals surface area contributed by atoms with Gasteiger partial charge in [0.05, 0.1) is 0 Å². The Morgan fingerprint density at radius 2 is 1.10 bits per heavy atom. The molecule has 0 unspecified atom stereocenters. The van der Waals surface area contributed by atoms with Gasteiger partial charge in [0.1, 0.15) is 0 Å². The van der Waals surface area contributed by atoms with Gasteiger partial charge < -0.3 is 5.73 Å². The van der Waals surface area contributed by atoms with Gasteiger partial charge >= 0.3 is 0 Å². The first-order chi connectivity index (χ1) is 9.75. The van der Waals surface area contributed by atoms with Gasteiger partial charge in [0.25, 0.3) is 0 Å². The summed E-state index contributed by atoms with van der Waals surface area (Å²) in [5.74, 6) is 0.0416. The molecule has 0 aromatic rings. The summed E-state index contributed by atoms with van der Waals surface area (Å²) in [6, 6.07) is 0. The molecule has 1 saturated heterocycles. The van der Waals surface area contributed by atoms with Crippen molar-refractivity contribution in [1.82, 2.24) is 4.90 Å². The van der Waals surface area contributed by atoms with E-state index in [-0.39, 0.29) is 11.8 Å².